The summed E-state index contributed by atoms with van der Waals surface area (Å²) in [4.78, 5) is 26.9. The minimum Gasteiger partial charge on any atom is -0.507 e. The van der Waals surface area contributed by atoms with Crippen LogP contribution in [0.2, 0.25) is 0 Å². The second-order valence-corrected chi connectivity index (χ2v) is 13.0. The van der Waals surface area contributed by atoms with Gasteiger partial charge in [0.1, 0.15) is 27.9 Å². The third kappa shape index (κ3) is 4.78. The molecule has 10 nitrogen and oxygen atoms in total. The molecule has 0 radical (unpaired) electrons. The quantitative estimate of drug-likeness (QED) is 0.0727. The van der Waals surface area contributed by atoms with Gasteiger partial charge in [0, 0.05) is 32.9 Å². The molecule has 0 bridgehead atoms. The number of carbonyl (C=O) groups is 2. The lowest BCUT2D eigenvalue weighted by molar-refractivity contribution is 0.0975. The van der Waals surface area contributed by atoms with Crippen molar-refractivity contribution in [2.24, 2.45) is 0 Å². The molecule has 0 aliphatic heterocycles. The van der Waals surface area contributed by atoms with E-state index in [1.807, 2.05) is 0 Å². The minimum absolute atomic E-state index is 0.0412. The van der Waals surface area contributed by atoms with Gasteiger partial charge in [-0.25, -0.2) is 0 Å². The fourth-order valence-corrected chi connectivity index (χ4v) is 6.96. The molecule has 0 saturated carbocycles. The van der Waals surface area contributed by atoms with Crippen molar-refractivity contribution in [3.05, 3.63) is 111 Å². The first-order valence-corrected chi connectivity index (χ1v) is 16.0. The third-order valence-electron chi connectivity index (χ3n) is 8.09. The summed E-state index contributed by atoms with van der Waals surface area (Å²) in [6.45, 7) is 3.45. The van der Waals surface area contributed by atoms with Crippen molar-refractivity contribution in [3.63, 3.8) is 0 Å². The number of benzene rings is 5. The number of nitrogen functional groups attached to an aromatic ring is 2. The Hall–Kier alpha value is -5.17. The summed E-state index contributed by atoms with van der Waals surface area (Å²) in [7, 11) is -4.70. The van der Waals surface area contributed by atoms with E-state index >= 15 is 0 Å². The normalized spacial score (nSPS) is 12.5. The molecule has 0 atom stereocenters. The van der Waals surface area contributed by atoms with Crippen molar-refractivity contribution in [1.82, 2.24) is 0 Å². The molecule has 5 aromatic rings. The fourth-order valence-electron chi connectivity index (χ4n) is 5.76. The highest BCUT2D eigenvalue weighted by Crippen LogP contribution is 2.49. The zero-order valence-electron chi connectivity index (χ0n) is 24.3. The Balaban J connectivity index is 1.52. The third-order valence-corrected chi connectivity index (χ3v) is 9.62. The van der Waals surface area contributed by atoms with Gasteiger partial charge in [-0.3, -0.25) is 14.1 Å². The minimum atomic E-state index is -4.70. The smallest absolute Gasteiger partial charge is 0.295 e. The molecule has 12 heteroatoms. The maximum Gasteiger partial charge on any atom is 0.295 e. The molecule has 46 heavy (non-hydrogen) atoms. The van der Waals surface area contributed by atoms with Crippen LogP contribution in [-0.2, 0) is 10.1 Å². The number of fused-ring (bicyclic) bond motifs is 2. The number of phenols is 2. The summed E-state index contributed by atoms with van der Waals surface area (Å²) in [5.74, 6) is -2.40. The number of rotatable bonds is 5. The Kier molecular flexibility index (Phi) is 7.39. The highest BCUT2D eigenvalue weighted by molar-refractivity contribution is 9.10. The summed E-state index contributed by atoms with van der Waals surface area (Å²) in [5, 5.41) is 22.1. The van der Waals surface area contributed by atoms with Crippen molar-refractivity contribution < 1.29 is 37.5 Å². The number of halogens is 1. The van der Waals surface area contributed by atoms with Gasteiger partial charge in [-0.2, -0.15) is 8.42 Å². The standard InChI is InChI=1S/C34H25BrN2O8S/c1-15-16(2)26(17-8-4-3-5-9-17)25(46(42,43)44)14-24(15)45-23-11-7-6-10-18(23)19-12-21(36)27-30(32(19)39)34(41)29-28(33(27)40)22(38)13-20(35)31(29)37/h3-14,38-39H,36-37H2,1-2H3,(H,42,43,44). The Morgan fingerprint density at radius 2 is 1.35 bits per heavy atom. The SMILES string of the molecule is Cc1c(Oc2ccccc2-c2cc(N)c3c(c2O)C(=O)c2c(N)c(Br)cc(O)c2C3=O)cc(S(=O)(=O)O)c(-c2ccccc2)c1C. The predicted octanol–water partition coefficient (Wildman–Crippen LogP) is 6.79. The van der Waals surface area contributed by atoms with Crippen molar-refractivity contribution in [1.29, 1.82) is 0 Å². The van der Waals surface area contributed by atoms with E-state index in [1.165, 1.54) is 18.2 Å². The Bertz CT molecular complexity index is 2270. The van der Waals surface area contributed by atoms with Crippen LogP contribution < -0.4 is 16.2 Å². The van der Waals surface area contributed by atoms with Crippen LogP contribution in [0.25, 0.3) is 22.3 Å². The fraction of sp³-hybridized carbons (Fsp3) is 0.0588. The van der Waals surface area contributed by atoms with Crippen LogP contribution in [0, 0.1) is 13.8 Å². The lowest BCUT2D eigenvalue weighted by Crippen LogP contribution is -2.24. The van der Waals surface area contributed by atoms with Gasteiger partial charge in [0.15, 0.2) is 0 Å². The Morgan fingerprint density at radius 3 is 2.02 bits per heavy atom. The first kappa shape index (κ1) is 30.8. The molecule has 0 spiro atoms. The molecular weight excluding hydrogens is 676 g/mol. The molecule has 0 amide bonds. The number of carbonyl (C=O) groups excluding carboxylic acids is 2. The number of ketones is 2. The molecule has 7 N–H and O–H groups in total. The second-order valence-electron chi connectivity index (χ2n) is 10.7. The van der Waals surface area contributed by atoms with Gasteiger partial charge in [0.05, 0.1) is 27.9 Å². The lowest BCUT2D eigenvalue weighted by atomic mass is 9.80. The van der Waals surface area contributed by atoms with E-state index in [0.29, 0.717) is 22.3 Å². The summed E-state index contributed by atoms with van der Waals surface area (Å²) < 4.78 is 41.8. The van der Waals surface area contributed by atoms with E-state index < -0.39 is 33.2 Å². The summed E-state index contributed by atoms with van der Waals surface area (Å²) in [6, 6.07) is 18.9. The molecule has 0 fully saturated rings. The highest BCUT2D eigenvalue weighted by atomic mass is 79.9. The number of anilines is 2. The van der Waals surface area contributed by atoms with Crippen LogP contribution in [0.5, 0.6) is 23.0 Å². The number of para-hydroxylation sites is 1. The molecule has 0 heterocycles. The van der Waals surface area contributed by atoms with Crippen molar-refractivity contribution in [2.45, 2.75) is 18.7 Å². The van der Waals surface area contributed by atoms with E-state index in [1.54, 1.807) is 68.4 Å². The first-order chi connectivity index (χ1) is 21.7. The van der Waals surface area contributed by atoms with Gasteiger partial charge in [-0.05, 0) is 64.7 Å². The Morgan fingerprint density at radius 1 is 0.717 bits per heavy atom. The number of aromatic hydroxyl groups is 2. The van der Waals surface area contributed by atoms with Crippen LogP contribution in [-0.4, -0.2) is 34.8 Å². The van der Waals surface area contributed by atoms with Crippen molar-refractivity contribution in [3.8, 4) is 45.3 Å². The topological polar surface area (TPSA) is 190 Å². The second kappa shape index (κ2) is 11.0. The lowest BCUT2D eigenvalue weighted by Gasteiger charge is -2.24. The zero-order chi connectivity index (χ0) is 33.2. The van der Waals surface area contributed by atoms with Crippen LogP contribution in [0.3, 0.4) is 0 Å². The molecule has 1 aliphatic rings. The zero-order valence-corrected chi connectivity index (χ0v) is 26.7. The molecule has 0 aromatic heterocycles. The van der Waals surface area contributed by atoms with Crippen LogP contribution in [0.4, 0.5) is 11.4 Å². The molecule has 5 aromatic carbocycles. The molecule has 1 aliphatic carbocycles. The summed E-state index contributed by atoms with van der Waals surface area (Å²) in [6.07, 6.45) is 0. The monoisotopic (exact) mass is 700 g/mol. The molecule has 232 valence electrons. The summed E-state index contributed by atoms with van der Waals surface area (Å²) in [5.41, 5.74) is 13.3. The molecular formula is C34H25BrN2O8S. The predicted molar refractivity (Wildman–Crippen MR) is 176 cm³/mol. The van der Waals surface area contributed by atoms with E-state index in [-0.39, 0.29) is 65.6 Å². The van der Waals surface area contributed by atoms with Gasteiger partial charge < -0.3 is 26.4 Å². The number of nitrogens with two attached hydrogens (primary N) is 2. The van der Waals surface area contributed by atoms with Crippen molar-refractivity contribution >= 4 is 49.0 Å². The van der Waals surface area contributed by atoms with Gasteiger partial charge >= 0.3 is 0 Å². The highest BCUT2D eigenvalue weighted by Gasteiger charge is 2.39. The molecule has 0 unspecified atom stereocenters. The van der Waals surface area contributed by atoms with Crippen molar-refractivity contribution in [2.75, 3.05) is 11.5 Å². The largest absolute Gasteiger partial charge is 0.507 e. The van der Waals surface area contributed by atoms with E-state index in [2.05, 4.69) is 15.9 Å². The number of ether oxygens (including phenoxy) is 1. The maximum atomic E-state index is 13.8. The van der Waals surface area contributed by atoms with E-state index in [4.69, 9.17) is 16.2 Å². The van der Waals surface area contributed by atoms with Crippen LogP contribution >= 0.6 is 15.9 Å². The number of hydrogen-bond acceptors (Lipinski definition) is 9. The van der Waals surface area contributed by atoms with Crippen LogP contribution in [0.15, 0.2) is 82.2 Å². The van der Waals surface area contributed by atoms with Gasteiger partial charge in [0.25, 0.3) is 10.1 Å². The number of phenolic OH excluding ortho intramolecular Hbond substituents is 2. The summed E-state index contributed by atoms with van der Waals surface area (Å²) >= 11 is 3.18. The molecule has 6 rings (SSSR count). The Labute approximate surface area is 271 Å². The van der Waals surface area contributed by atoms with Crippen LogP contribution in [0.1, 0.15) is 43.0 Å². The van der Waals surface area contributed by atoms with Gasteiger partial charge in [-0.15, -0.1) is 0 Å². The first-order valence-electron chi connectivity index (χ1n) is 13.7. The van der Waals surface area contributed by atoms with E-state index in [9.17, 15) is 32.8 Å². The average molecular weight is 702 g/mol. The maximum absolute atomic E-state index is 13.8. The van der Waals surface area contributed by atoms with Gasteiger partial charge in [0.2, 0.25) is 11.6 Å². The van der Waals surface area contributed by atoms with E-state index in [0.717, 1.165) is 0 Å². The van der Waals surface area contributed by atoms with Gasteiger partial charge in [-0.1, -0.05) is 48.5 Å². The average Bonchev–Trinajstić information content (AvgIpc) is 3.01. The molecule has 0 saturated heterocycles. The number of hydrogen-bond donors (Lipinski definition) is 5.